The molecule has 2 saturated carbocycles. The predicted molar refractivity (Wildman–Crippen MR) is 127 cm³/mol. The van der Waals surface area contributed by atoms with E-state index in [2.05, 4.69) is 16.7 Å². The van der Waals surface area contributed by atoms with Crippen LogP contribution in [0.3, 0.4) is 0 Å². The molecule has 2 aromatic rings. The summed E-state index contributed by atoms with van der Waals surface area (Å²) in [4.78, 5) is 25.7. The Kier molecular flexibility index (Phi) is 5.96. The molecule has 2 aliphatic carbocycles. The summed E-state index contributed by atoms with van der Waals surface area (Å²) in [6, 6.07) is 14.5. The van der Waals surface area contributed by atoms with Crippen molar-refractivity contribution in [1.29, 1.82) is 5.26 Å². The normalized spacial score (nSPS) is 23.8. The molecule has 10 heteroatoms. The number of rotatable bonds is 8. The Morgan fingerprint density at radius 1 is 1.11 bits per heavy atom. The highest BCUT2D eigenvalue weighted by atomic mass is 35.5. The molecule has 0 unspecified atom stereocenters. The highest BCUT2D eigenvalue weighted by Crippen LogP contribution is 2.50. The number of benzene rings is 2. The molecule has 5 rings (SSSR count). The smallest absolute Gasteiger partial charge is 0.297 e. The van der Waals surface area contributed by atoms with Crippen LogP contribution in [0.5, 0.6) is 0 Å². The lowest BCUT2D eigenvalue weighted by Crippen LogP contribution is -2.45. The minimum atomic E-state index is -4.17. The van der Waals surface area contributed by atoms with Gasteiger partial charge < -0.3 is 10.6 Å². The van der Waals surface area contributed by atoms with Gasteiger partial charge in [0.25, 0.3) is 10.1 Å². The van der Waals surface area contributed by atoms with E-state index in [4.69, 9.17) is 21.0 Å². The number of hydrogen-bond donors (Lipinski definition) is 2. The van der Waals surface area contributed by atoms with Gasteiger partial charge in [-0.05, 0) is 55.5 Å². The summed E-state index contributed by atoms with van der Waals surface area (Å²) >= 11 is 5.98. The van der Waals surface area contributed by atoms with Gasteiger partial charge >= 0.3 is 0 Å². The lowest BCUT2D eigenvalue weighted by molar-refractivity contribution is -0.123. The minimum absolute atomic E-state index is 0.107. The van der Waals surface area contributed by atoms with Crippen LogP contribution in [0.1, 0.15) is 48.0 Å². The summed E-state index contributed by atoms with van der Waals surface area (Å²) in [5.41, 5.74) is -0.286. The standard InChI is InChI=1S/C25H24ClN3O5S/c26-18-6-4-17(5-7-18)25(10-11-25)22(30)16-2-1-3-20(12-16)35(32,33)34-19-13-21(28-14-19)23(31)29-24(15-27)8-9-24/h1-7,12,19,21,28H,8-11,13-14H2,(H,29,31)/t19-,21-/m0/s1. The van der Waals surface area contributed by atoms with E-state index in [1.54, 1.807) is 18.2 Å². The van der Waals surface area contributed by atoms with Gasteiger partial charge in [-0.25, -0.2) is 0 Å². The Labute approximate surface area is 208 Å². The first kappa shape index (κ1) is 23.9. The maximum absolute atomic E-state index is 13.4. The van der Waals surface area contributed by atoms with E-state index in [-0.39, 0.29) is 29.6 Å². The Balaban J connectivity index is 1.27. The average Bonchev–Trinajstić information content (AvgIpc) is 3.77. The number of carbonyl (C=O) groups excluding carboxylic acids is 2. The molecule has 35 heavy (non-hydrogen) atoms. The second kappa shape index (κ2) is 8.71. The van der Waals surface area contributed by atoms with Gasteiger partial charge in [0.2, 0.25) is 5.91 Å². The molecule has 8 nitrogen and oxygen atoms in total. The van der Waals surface area contributed by atoms with Gasteiger partial charge in [-0.15, -0.1) is 0 Å². The van der Waals surface area contributed by atoms with Crippen molar-refractivity contribution < 1.29 is 22.2 Å². The van der Waals surface area contributed by atoms with Gasteiger partial charge in [0, 0.05) is 23.6 Å². The van der Waals surface area contributed by atoms with Crippen LogP contribution < -0.4 is 10.6 Å². The zero-order valence-electron chi connectivity index (χ0n) is 18.8. The number of nitrogens with zero attached hydrogens (tertiary/aromatic N) is 1. The zero-order valence-corrected chi connectivity index (χ0v) is 20.4. The van der Waals surface area contributed by atoms with E-state index < -0.39 is 33.2 Å². The number of carbonyl (C=O) groups is 2. The molecular formula is C25H24ClN3O5S. The third-order valence-corrected chi connectivity index (χ3v) is 8.57. The van der Waals surface area contributed by atoms with Crippen molar-refractivity contribution in [2.75, 3.05) is 6.54 Å². The molecule has 1 amide bonds. The monoisotopic (exact) mass is 513 g/mol. The molecule has 0 radical (unpaired) electrons. The van der Waals surface area contributed by atoms with Crippen LogP contribution in [0.15, 0.2) is 53.4 Å². The maximum atomic E-state index is 13.4. The van der Waals surface area contributed by atoms with Crippen LogP contribution in [0, 0.1) is 11.3 Å². The first-order valence-corrected chi connectivity index (χ1v) is 13.3. The second-order valence-electron chi connectivity index (χ2n) is 9.50. The fraction of sp³-hybridized carbons (Fsp3) is 0.400. The lowest BCUT2D eigenvalue weighted by atomic mass is 9.87. The number of hydrogen-bond acceptors (Lipinski definition) is 7. The average molecular weight is 514 g/mol. The molecular weight excluding hydrogens is 490 g/mol. The zero-order chi connectivity index (χ0) is 24.8. The van der Waals surface area contributed by atoms with E-state index in [1.165, 1.54) is 18.2 Å². The summed E-state index contributed by atoms with van der Waals surface area (Å²) in [6.45, 7) is 0.176. The fourth-order valence-corrected chi connectivity index (χ4v) is 5.79. The van der Waals surface area contributed by atoms with Crippen molar-refractivity contribution in [3.05, 3.63) is 64.7 Å². The number of nitriles is 1. The number of ketones is 1. The highest BCUT2D eigenvalue weighted by molar-refractivity contribution is 7.86. The summed E-state index contributed by atoms with van der Waals surface area (Å²) in [5.74, 6) is -0.472. The molecule has 1 heterocycles. The summed E-state index contributed by atoms with van der Waals surface area (Å²) < 4.78 is 31.4. The molecule has 0 bridgehead atoms. The molecule has 3 aliphatic rings. The number of amides is 1. The largest absolute Gasteiger partial charge is 0.336 e. The third kappa shape index (κ3) is 4.71. The van der Waals surface area contributed by atoms with E-state index in [0.717, 1.165) is 5.56 Å². The van der Waals surface area contributed by atoms with Crippen LogP contribution >= 0.6 is 11.6 Å². The first-order chi connectivity index (χ1) is 16.7. The molecule has 0 aromatic heterocycles. The second-order valence-corrected chi connectivity index (χ2v) is 11.5. The van der Waals surface area contributed by atoms with Crippen molar-refractivity contribution in [1.82, 2.24) is 10.6 Å². The molecule has 182 valence electrons. The van der Waals surface area contributed by atoms with Gasteiger partial charge in [0.15, 0.2) is 5.78 Å². The molecule has 0 spiro atoms. The quantitative estimate of drug-likeness (QED) is 0.410. The van der Waals surface area contributed by atoms with Gasteiger partial charge in [0.05, 0.1) is 28.5 Å². The molecule has 1 aliphatic heterocycles. The van der Waals surface area contributed by atoms with Crippen LogP contribution in [-0.2, 0) is 24.5 Å². The maximum Gasteiger partial charge on any atom is 0.297 e. The van der Waals surface area contributed by atoms with E-state index in [1.807, 2.05) is 12.1 Å². The molecule has 2 aromatic carbocycles. The SMILES string of the molecule is N#CC1(NC(=O)[C@@H]2C[C@H](OS(=O)(=O)c3cccc(C(=O)C4(c5ccc(Cl)cc5)CC4)c3)CN2)CC1. The summed E-state index contributed by atoms with van der Waals surface area (Å²) in [5, 5.41) is 15.4. The number of halogens is 1. The molecule has 3 fully saturated rings. The lowest BCUT2D eigenvalue weighted by Gasteiger charge is -2.16. The van der Waals surface area contributed by atoms with Crippen LogP contribution in [0.25, 0.3) is 0 Å². The third-order valence-electron chi connectivity index (χ3n) is 6.96. The Hall–Kier alpha value is -2.77. The number of nitrogens with one attached hydrogen (secondary N) is 2. The molecule has 2 N–H and O–H groups in total. The topological polar surface area (TPSA) is 125 Å². The van der Waals surface area contributed by atoms with E-state index in [9.17, 15) is 18.0 Å². The fourth-order valence-electron chi connectivity index (χ4n) is 4.53. The van der Waals surface area contributed by atoms with Crippen molar-refractivity contribution in [2.24, 2.45) is 0 Å². The Morgan fingerprint density at radius 2 is 1.83 bits per heavy atom. The van der Waals surface area contributed by atoms with Crippen molar-refractivity contribution >= 4 is 33.4 Å². The van der Waals surface area contributed by atoms with Crippen LogP contribution in [0.4, 0.5) is 0 Å². The summed E-state index contributed by atoms with van der Waals surface area (Å²) in [7, 11) is -4.17. The molecule has 2 atom stereocenters. The highest BCUT2D eigenvalue weighted by Gasteiger charge is 2.51. The Bertz CT molecular complexity index is 1330. The summed E-state index contributed by atoms with van der Waals surface area (Å²) in [6.07, 6.45) is 2.02. The van der Waals surface area contributed by atoms with Gasteiger partial charge in [-0.3, -0.25) is 13.8 Å². The molecule has 1 saturated heterocycles. The minimum Gasteiger partial charge on any atom is -0.336 e. The number of Topliss-reactive ketones (excluding diaryl/α,β-unsaturated/α-hetero) is 1. The van der Waals surface area contributed by atoms with Gasteiger partial charge in [0.1, 0.15) is 5.54 Å². The van der Waals surface area contributed by atoms with Gasteiger partial charge in [-0.2, -0.15) is 13.7 Å². The van der Waals surface area contributed by atoms with Crippen molar-refractivity contribution in [3.63, 3.8) is 0 Å². The van der Waals surface area contributed by atoms with Crippen molar-refractivity contribution in [2.45, 2.75) is 60.1 Å². The first-order valence-electron chi connectivity index (χ1n) is 11.5. The Morgan fingerprint density at radius 3 is 2.46 bits per heavy atom. The van der Waals surface area contributed by atoms with E-state index in [0.29, 0.717) is 36.3 Å². The predicted octanol–water partition coefficient (Wildman–Crippen LogP) is 2.86. The van der Waals surface area contributed by atoms with Gasteiger partial charge in [-0.1, -0.05) is 35.9 Å². The van der Waals surface area contributed by atoms with Crippen LogP contribution in [-0.4, -0.2) is 44.3 Å². The van der Waals surface area contributed by atoms with E-state index >= 15 is 0 Å². The van der Waals surface area contributed by atoms with Crippen molar-refractivity contribution in [3.8, 4) is 6.07 Å². The van der Waals surface area contributed by atoms with Crippen LogP contribution in [0.2, 0.25) is 5.02 Å².